The molecular formula is C16H26N2O2. The van der Waals surface area contributed by atoms with Crippen molar-refractivity contribution >= 4 is 11.6 Å². The van der Waals surface area contributed by atoms with Gasteiger partial charge in [-0.25, -0.2) is 0 Å². The van der Waals surface area contributed by atoms with E-state index in [9.17, 15) is 4.79 Å². The van der Waals surface area contributed by atoms with Gasteiger partial charge in [-0.1, -0.05) is 18.2 Å². The van der Waals surface area contributed by atoms with E-state index in [1.165, 1.54) is 0 Å². The van der Waals surface area contributed by atoms with Crippen LogP contribution in [0.3, 0.4) is 0 Å². The smallest absolute Gasteiger partial charge is 0.231 e. The zero-order chi connectivity index (χ0) is 15.2. The summed E-state index contributed by atoms with van der Waals surface area (Å²) >= 11 is 0. The minimum atomic E-state index is -0.519. The second-order valence-electron chi connectivity index (χ2n) is 5.99. The highest BCUT2D eigenvalue weighted by Crippen LogP contribution is 2.21. The van der Waals surface area contributed by atoms with Gasteiger partial charge in [-0.15, -0.1) is 0 Å². The van der Waals surface area contributed by atoms with Crippen LogP contribution in [0.5, 0.6) is 0 Å². The Balaban J connectivity index is 2.69. The van der Waals surface area contributed by atoms with Crippen LogP contribution in [0, 0.1) is 5.41 Å². The van der Waals surface area contributed by atoms with Gasteiger partial charge in [0.1, 0.15) is 0 Å². The first kappa shape index (κ1) is 16.7. The van der Waals surface area contributed by atoms with E-state index in [1.54, 1.807) is 0 Å². The van der Waals surface area contributed by atoms with Gasteiger partial charge < -0.3 is 10.4 Å². The van der Waals surface area contributed by atoms with Crippen LogP contribution in [0.1, 0.15) is 27.7 Å². The van der Waals surface area contributed by atoms with Crippen LogP contribution < -0.4 is 5.32 Å². The number of nitrogens with one attached hydrogen (secondary N) is 1. The average Bonchev–Trinajstić information content (AvgIpc) is 2.39. The molecule has 0 bridgehead atoms. The van der Waals surface area contributed by atoms with Crippen molar-refractivity contribution in [1.82, 2.24) is 4.90 Å². The van der Waals surface area contributed by atoms with Crippen molar-refractivity contribution in [3.05, 3.63) is 30.3 Å². The first-order chi connectivity index (χ1) is 9.36. The van der Waals surface area contributed by atoms with Crippen LogP contribution in [0.2, 0.25) is 0 Å². The molecule has 1 aromatic carbocycles. The third-order valence-electron chi connectivity index (χ3n) is 3.36. The zero-order valence-corrected chi connectivity index (χ0v) is 12.9. The third kappa shape index (κ3) is 4.94. The van der Waals surface area contributed by atoms with Gasteiger partial charge in [-0.3, -0.25) is 9.69 Å². The number of anilines is 1. The monoisotopic (exact) mass is 278 g/mol. The molecular weight excluding hydrogens is 252 g/mol. The van der Waals surface area contributed by atoms with E-state index in [1.807, 2.05) is 44.2 Å². The van der Waals surface area contributed by atoms with E-state index in [2.05, 4.69) is 24.1 Å². The Hall–Kier alpha value is -1.39. The number of carbonyl (C=O) groups is 1. The minimum absolute atomic E-state index is 0.00714. The maximum atomic E-state index is 12.4. The summed E-state index contributed by atoms with van der Waals surface area (Å²) in [5, 5.41) is 12.1. The van der Waals surface area contributed by atoms with Crippen molar-refractivity contribution < 1.29 is 9.90 Å². The largest absolute Gasteiger partial charge is 0.395 e. The fraction of sp³-hybridized carbons (Fsp3) is 0.562. The molecule has 112 valence electrons. The predicted molar refractivity (Wildman–Crippen MR) is 82.6 cm³/mol. The van der Waals surface area contributed by atoms with Gasteiger partial charge in [0.25, 0.3) is 0 Å². The van der Waals surface area contributed by atoms with E-state index < -0.39 is 5.41 Å². The topological polar surface area (TPSA) is 52.6 Å². The van der Waals surface area contributed by atoms with Gasteiger partial charge in [-0.05, 0) is 39.8 Å². The number of rotatable bonds is 7. The van der Waals surface area contributed by atoms with Gasteiger partial charge in [0.05, 0.1) is 12.0 Å². The fourth-order valence-electron chi connectivity index (χ4n) is 2.05. The summed E-state index contributed by atoms with van der Waals surface area (Å²) in [6.07, 6.45) is 0. The normalized spacial score (nSPS) is 11.9. The van der Waals surface area contributed by atoms with Crippen molar-refractivity contribution in [3.63, 3.8) is 0 Å². The van der Waals surface area contributed by atoms with E-state index in [0.717, 1.165) is 5.69 Å². The molecule has 1 rings (SSSR count). The number of hydrogen-bond acceptors (Lipinski definition) is 3. The molecule has 4 heteroatoms. The van der Waals surface area contributed by atoms with Crippen LogP contribution in [0.4, 0.5) is 5.69 Å². The lowest BCUT2D eigenvalue weighted by Gasteiger charge is -2.33. The van der Waals surface area contributed by atoms with Crippen molar-refractivity contribution in [2.24, 2.45) is 5.41 Å². The van der Waals surface area contributed by atoms with Crippen LogP contribution >= 0.6 is 0 Å². The van der Waals surface area contributed by atoms with Gasteiger partial charge in [-0.2, -0.15) is 0 Å². The summed E-state index contributed by atoms with van der Waals surface area (Å²) in [6.45, 7) is 9.30. The Morgan fingerprint density at radius 1 is 1.30 bits per heavy atom. The lowest BCUT2D eigenvalue weighted by molar-refractivity contribution is -0.125. The molecule has 0 aliphatic rings. The summed E-state index contributed by atoms with van der Waals surface area (Å²) in [5.41, 5.74) is 0.291. The Kier molecular flexibility index (Phi) is 6.17. The maximum absolute atomic E-state index is 12.4. The number of para-hydroxylation sites is 1. The van der Waals surface area contributed by atoms with Gasteiger partial charge >= 0.3 is 0 Å². The van der Waals surface area contributed by atoms with E-state index in [-0.39, 0.29) is 12.5 Å². The molecule has 0 aliphatic carbocycles. The standard InChI is InChI=1S/C16H26N2O2/c1-13(2)18(10-11-19)12-16(3,4)15(20)17-14-8-6-5-7-9-14/h5-9,13,19H,10-12H2,1-4H3,(H,17,20). The first-order valence-electron chi connectivity index (χ1n) is 7.08. The Morgan fingerprint density at radius 2 is 1.90 bits per heavy atom. The lowest BCUT2D eigenvalue weighted by atomic mass is 9.90. The van der Waals surface area contributed by atoms with Crippen LogP contribution in [0.25, 0.3) is 0 Å². The second kappa shape index (κ2) is 7.41. The highest BCUT2D eigenvalue weighted by molar-refractivity contribution is 5.94. The summed E-state index contributed by atoms with van der Waals surface area (Å²) in [5.74, 6) is -0.00714. The highest BCUT2D eigenvalue weighted by atomic mass is 16.3. The van der Waals surface area contributed by atoms with E-state index >= 15 is 0 Å². The molecule has 0 radical (unpaired) electrons. The fourth-order valence-corrected chi connectivity index (χ4v) is 2.05. The van der Waals surface area contributed by atoms with Crippen molar-refractivity contribution in [3.8, 4) is 0 Å². The van der Waals surface area contributed by atoms with E-state index in [0.29, 0.717) is 19.1 Å². The highest BCUT2D eigenvalue weighted by Gasteiger charge is 2.30. The number of benzene rings is 1. The molecule has 0 fully saturated rings. The molecule has 0 saturated carbocycles. The Labute approximate surface area is 121 Å². The summed E-state index contributed by atoms with van der Waals surface area (Å²) in [7, 11) is 0. The molecule has 0 heterocycles. The maximum Gasteiger partial charge on any atom is 0.231 e. The average molecular weight is 278 g/mol. The molecule has 0 atom stereocenters. The molecule has 2 N–H and O–H groups in total. The number of amides is 1. The number of aliphatic hydroxyl groups is 1. The predicted octanol–water partition coefficient (Wildman–Crippen LogP) is 2.35. The molecule has 0 aromatic heterocycles. The summed E-state index contributed by atoms with van der Waals surface area (Å²) < 4.78 is 0. The van der Waals surface area contributed by atoms with Crippen molar-refractivity contribution in [2.45, 2.75) is 33.7 Å². The number of nitrogens with zero attached hydrogens (tertiary/aromatic N) is 1. The number of hydrogen-bond donors (Lipinski definition) is 2. The van der Waals surface area contributed by atoms with Crippen LogP contribution in [0.15, 0.2) is 30.3 Å². The van der Waals surface area contributed by atoms with Crippen molar-refractivity contribution in [2.75, 3.05) is 25.0 Å². The van der Waals surface area contributed by atoms with Crippen LogP contribution in [-0.4, -0.2) is 41.7 Å². The van der Waals surface area contributed by atoms with E-state index in [4.69, 9.17) is 5.11 Å². The Bertz CT molecular complexity index is 416. The molecule has 1 aromatic rings. The molecule has 0 unspecified atom stereocenters. The summed E-state index contributed by atoms with van der Waals surface area (Å²) in [6, 6.07) is 9.77. The van der Waals surface area contributed by atoms with Gasteiger partial charge in [0.15, 0.2) is 0 Å². The molecule has 0 aliphatic heterocycles. The lowest BCUT2D eigenvalue weighted by Crippen LogP contribution is -2.45. The minimum Gasteiger partial charge on any atom is -0.395 e. The van der Waals surface area contributed by atoms with Crippen LogP contribution in [-0.2, 0) is 4.79 Å². The quantitative estimate of drug-likeness (QED) is 0.805. The molecule has 0 spiro atoms. The molecule has 20 heavy (non-hydrogen) atoms. The zero-order valence-electron chi connectivity index (χ0n) is 12.9. The third-order valence-corrected chi connectivity index (χ3v) is 3.36. The SMILES string of the molecule is CC(C)N(CCO)CC(C)(C)C(=O)Nc1ccccc1. The molecule has 0 saturated heterocycles. The van der Waals surface area contributed by atoms with Gasteiger partial charge in [0.2, 0.25) is 5.91 Å². The number of carbonyl (C=O) groups excluding carboxylic acids is 1. The van der Waals surface area contributed by atoms with Crippen molar-refractivity contribution in [1.29, 1.82) is 0 Å². The number of aliphatic hydroxyl groups excluding tert-OH is 1. The van der Waals surface area contributed by atoms with Gasteiger partial charge in [0, 0.05) is 24.8 Å². The second-order valence-corrected chi connectivity index (χ2v) is 5.99. The molecule has 4 nitrogen and oxygen atoms in total. The molecule has 1 amide bonds. The summed E-state index contributed by atoms with van der Waals surface area (Å²) in [4.78, 5) is 14.5. The Morgan fingerprint density at radius 3 is 2.40 bits per heavy atom. The first-order valence-corrected chi connectivity index (χ1v) is 7.08.